The molecule has 0 aliphatic rings. The van der Waals surface area contributed by atoms with Gasteiger partial charge in [-0.1, -0.05) is 24.3 Å². The molecule has 1 heterocycles. The molecule has 0 atom stereocenters. The van der Waals surface area contributed by atoms with E-state index < -0.39 is 0 Å². The number of allylic oxidation sites excluding steroid dienone is 2. The van der Waals surface area contributed by atoms with E-state index in [4.69, 9.17) is 18.6 Å². The zero-order valence-corrected chi connectivity index (χ0v) is 20.0. The number of fused-ring (bicyclic) bond motifs is 1. The lowest BCUT2D eigenvalue weighted by Gasteiger charge is -2.12. The van der Waals surface area contributed by atoms with Gasteiger partial charge in [-0.2, -0.15) is 0 Å². The van der Waals surface area contributed by atoms with Gasteiger partial charge in [-0.05, 0) is 80.9 Å². The summed E-state index contributed by atoms with van der Waals surface area (Å²) in [6.07, 6.45) is 5.14. The molecule has 0 amide bonds. The fourth-order valence-corrected chi connectivity index (χ4v) is 3.52. The lowest BCUT2D eigenvalue weighted by molar-refractivity contribution is 0.105. The van der Waals surface area contributed by atoms with Gasteiger partial charge in [0.15, 0.2) is 22.9 Å². The van der Waals surface area contributed by atoms with E-state index in [1.165, 1.54) is 0 Å². The molecule has 4 aromatic rings. The Kier molecular flexibility index (Phi) is 7.63. The van der Waals surface area contributed by atoms with Crippen molar-refractivity contribution in [3.05, 3.63) is 96.1 Å². The second-order valence-corrected chi connectivity index (χ2v) is 7.56. The van der Waals surface area contributed by atoms with Crippen LogP contribution in [0.25, 0.3) is 22.7 Å². The summed E-state index contributed by atoms with van der Waals surface area (Å²) in [5.74, 6) is 1.93. The average Bonchev–Trinajstić information content (AvgIpc) is 3.31. The van der Waals surface area contributed by atoms with Crippen molar-refractivity contribution >= 4 is 28.5 Å². The Balaban J connectivity index is 1.78. The van der Waals surface area contributed by atoms with Gasteiger partial charge in [-0.3, -0.25) is 4.79 Å². The molecule has 1 aromatic heterocycles. The summed E-state index contributed by atoms with van der Waals surface area (Å²) in [4.78, 5) is 18.2. The van der Waals surface area contributed by atoms with Crippen LogP contribution in [0.4, 0.5) is 0 Å². The summed E-state index contributed by atoms with van der Waals surface area (Å²) in [7, 11) is 0. The Morgan fingerprint density at radius 1 is 0.943 bits per heavy atom. The Bertz CT molecular complexity index is 1330. The van der Waals surface area contributed by atoms with Gasteiger partial charge >= 0.3 is 0 Å². The summed E-state index contributed by atoms with van der Waals surface area (Å²) < 4.78 is 22.9. The van der Waals surface area contributed by atoms with Gasteiger partial charge < -0.3 is 18.6 Å². The van der Waals surface area contributed by atoms with Crippen molar-refractivity contribution in [3.8, 4) is 17.2 Å². The van der Waals surface area contributed by atoms with Gasteiger partial charge in [0, 0.05) is 5.56 Å². The molecule has 0 bridgehead atoms. The molecule has 0 fully saturated rings. The molecular formula is C29H27NO5. The number of carbonyl (C=O) groups is 1. The van der Waals surface area contributed by atoms with Crippen LogP contribution in [-0.4, -0.2) is 24.0 Å². The third-order valence-electron chi connectivity index (χ3n) is 5.10. The number of benzene rings is 3. The SMILES string of the molecule is CC=COc1ccc(C(=O)C(=Cc2ccc(OCC)c(OCC)c2)c2nc3ccccc3o2)cc1. The van der Waals surface area contributed by atoms with Crippen LogP contribution in [0.3, 0.4) is 0 Å². The van der Waals surface area contributed by atoms with E-state index in [1.54, 1.807) is 42.7 Å². The standard InChI is InChI=1S/C29H27NO5/c1-4-17-34-22-14-12-21(13-15-22)28(31)23(29-30-24-9-7-8-10-25(24)35-29)18-20-11-16-26(32-5-2)27(19-20)33-6-3/h4,7-19H,5-6H2,1-3H3. The first-order chi connectivity index (χ1) is 17.1. The van der Waals surface area contributed by atoms with Gasteiger partial charge in [0.25, 0.3) is 0 Å². The second kappa shape index (κ2) is 11.2. The number of ketones is 1. The maximum absolute atomic E-state index is 13.7. The smallest absolute Gasteiger partial charge is 0.231 e. The van der Waals surface area contributed by atoms with Gasteiger partial charge in [0.2, 0.25) is 5.89 Å². The molecule has 0 saturated heterocycles. The largest absolute Gasteiger partial charge is 0.490 e. The number of ether oxygens (including phenoxy) is 3. The molecule has 6 heteroatoms. The highest BCUT2D eigenvalue weighted by atomic mass is 16.5. The molecule has 0 N–H and O–H groups in total. The second-order valence-electron chi connectivity index (χ2n) is 7.56. The predicted molar refractivity (Wildman–Crippen MR) is 137 cm³/mol. The van der Waals surface area contributed by atoms with E-state index in [9.17, 15) is 4.79 Å². The van der Waals surface area contributed by atoms with Crippen LogP contribution >= 0.6 is 0 Å². The van der Waals surface area contributed by atoms with Crippen LogP contribution in [0.5, 0.6) is 17.2 Å². The van der Waals surface area contributed by atoms with E-state index in [1.807, 2.05) is 63.2 Å². The summed E-state index contributed by atoms with van der Waals surface area (Å²) in [6.45, 7) is 6.71. The van der Waals surface area contributed by atoms with Gasteiger partial charge in [-0.25, -0.2) is 4.98 Å². The summed E-state index contributed by atoms with van der Waals surface area (Å²) >= 11 is 0. The molecule has 0 unspecified atom stereocenters. The third kappa shape index (κ3) is 5.61. The van der Waals surface area contributed by atoms with E-state index >= 15 is 0 Å². The Hall–Kier alpha value is -4.32. The number of hydrogen-bond acceptors (Lipinski definition) is 6. The molecule has 0 aliphatic heterocycles. The normalized spacial score (nSPS) is 11.7. The maximum Gasteiger partial charge on any atom is 0.231 e. The summed E-state index contributed by atoms with van der Waals surface area (Å²) in [5, 5.41) is 0. The van der Waals surface area contributed by atoms with Crippen LogP contribution in [0.15, 0.2) is 83.5 Å². The van der Waals surface area contributed by atoms with Crippen molar-refractivity contribution in [3.63, 3.8) is 0 Å². The van der Waals surface area contributed by atoms with Gasteiger partial charge in [-0.15, -0.1) is 0 Å². The number of oxazole rings is 1. The van der Waals surface area contributed by atoms with Crippen molar-refractivity contribution in [2.24, 2.45) is 0 Å². The fourth-order valence-electron chi connectivity index (χ4n) is 3.52. The lowest BCUT2D eigenvalue weighted by atomic mass is 10.0. The molecule has 35 heavy (non-hydrogen) atoms. The van der Waals surface area contributed by atoms with Crippen LogP contribution in [-0.2, 0) is 0 Å². The molecule has 6 nitrogen and oxygen atoms in total. The lowest BCUT2D eigenvalue weighted by Crippen LogP contribution is -2.04. The highest BCUT2D eigenvalue weighted by Gasteiger charge is 2.21. The highest BCUT2D eigenvalue weighted by molar-refractivity contribution is 6.31. The number of nitrogens with zero attached hydrogens (tertiary/aromatic N) is 1. The Morgan fingerprint density at radius 3 is 2.40 bits per heavy atom. The fraction of sp³-hybridized carbons (Fsp3) is 0.172. The third-order valence-corrected chi connectivity index (χ3v) is 5.10. The van der Waals surface area contributed by atoms with Crippen LogP contribution in [0, 0.1) is 0 Å². The number of hydrogen-bond donors (Lipinski definition) is 0. The van der Waals surface area contributed by atoms with Gasteiger partial charge in [0.1, 0.15) is 11.3 Å². The average molecular weight is 470 g/mol. The number of carbonyl (C=O) groups excluding carboxylic acids is 1. The first-order valence-electron chi connectivity index (χ1n) is 11.5. The minimum Gasteiger partial charge on any atom is -0.490 e. The van der Waals surface area contributed by atoms with Crippen LogP contribution in [0.1, 0.15) is 42.6 Å². The number of aromatic nitrogens is 1. The predicted octanol–water partition coefficient (Wildman–Crippen LogP) is 6.96. The van der Waals surface area contributed by atoms with Gasteiger partial charge in [0.05, 0.1) is 25.0 Å². The molecule has 0 spiro atoms. The number of Topliss-reactive ketones (excluding diaryl/α,β-unsaturated/α-hetero) is 1. The summed E-state index contributed by atoms with van der Waals surface area (Å²) in [5.41, 5.74) is 2.86. The van der Waals surface area contributed by atoms with E-state index in [0.717, 1.165) is 5.56 Å². The Labute approximate surface area is 204 Å². The first kappa shape index (κ1) is 23.8. The minimum atomic E-state index is -0.221. The highest BCUT2D eigenvalue weighted by Crippen LogP contribution is 2.32. The topological polar surface area (TPSA) is 70.8 Å². The molecule has 0 aliphatic carbocycles. The van der Waals surface area contributed by atoms with Crippen molar-refractivity contribution in [1.29, 1.82) is 0 Å². The Morgan fingerprint density at radius 2 is 1.69 bits per heavy atom. The number of rotatable bonds is 10. The molecule has 4 rings (SSSR count). The minimum absolute atomic E-state index is 0.221. The van der Waals surface area contributed by atoms with Crippen molar-refractivity contribution < 1.29 is 23.4 Å². The monoisotopic (exact) mass is 469 g/mol. The van der Waals surface area contributed by atoms with Crippen molar-refractivity contribution in [2.45, 2.75) is 20.8 Å². The molecular weight excluding hydrogens is 442 g/mol. The molecule has 0 saturated carbocycles. The zero-order valence-electron chi connectivity index (χ0n) is 20.0. The van der Waals surface area contributed by atoms with Crippen molar-refractivity contribution in [1.82, 2.24) is 4.98 Å². The van der Waals surface area contributed by atoms with E-state index in [-0.39, 0.29) is 11.7 Å². The summed E-state index contributed by atoms with van der Waals surface area (Å²) in [6, 6.07) is 19.9. The zero-order chi connectivity index (χ0) is 24.6. The van der Waals surface area contributed by atoms with Crippen LogP contribution in [0.2, 0.25) is 0 Å². The maximum atomic E-state index is 13.7. The van der Waals surface area contributed by atoms with E-state index in [0.29, 0.717) is 52.7 Å². The first-order valence-corrected chi connectivity index (χ1v) is 11.5. The van der Waals surface area contributed by atoms with Crippen molar-refractivity contribution in [2.75, 3.05) is 13.2 Å². The number of para-hydroxylation sites is 2. The van der Waals surface area contributed by atoms with Crippen LogP contribution < -0.4 is 14.2 Å². The quantitative estimate of drug-likeness (QED) is 0.142. The molecule has 178 valence electrons. The molecule has 3 aromatic carbocycles. The van der Waals surface area contributed by atoms with E-state index in [2.05, 4.69) is 4.98 Å². The molecule has 0 radical (unpaired) electrons.